The topological polar surface area (TPSA) is 193 Å². The van der Waals surface area contributed by atoms with Gasteiger partial charge in [-0.2, -0.15) is 19.9 Å². The maximum absolute atomic E-state index is 12.2. The Kier molecular flexibility index (Phi) is 14.9. The number of ether oxygens (including phenoxy) is 2. The summed E-state index contributed by atoms with van der Waals surface area (Å²) in [6.45, 7) is 10.5. The molecular formula is C45H64N12O4. The van der Waals surface area contributed by atoms with Crippen LogP contribution in [0.2, 0.25) is 0 Å². The summed E-state index contributed by atoms with van der Waals surface area (Å²) in [6, 6.07) is 17.1. The fourth-order valence-corrected chi connectivity index (χ4v) is 7.65. The zero-order valence-corrected chi connectivity index (χ0v) is 34.9. The predicted molar refractivity (Wildman–Crippen MR) is 242 cm³/mol. The summed E-state index contributed by atoms with van der Waals surface area (Å²) in [5, 5.41) is 5.52. The number of anilines is 6. The molecule has 6 heterocycles. The number of nitrogens with one attached hydrogen (secondary N) is 2. The molecule has 0 bridgehead atoms. The predicted octanol–water partition coefficient (Wildman–Crippen LogP) is 6.22. The Morgan fingerprint density at radius 3 is 1.28 bits per heavy atom. The standard InChI is InChI=1S/2C22H30N6O2.CH4/c2*1-2-3-12-30-22-25-20(23)19-21(26-22)28(15-18(29)24-19)14-17-8-6-16(7-9-17)13-27-10-4-5-11-27;/h2*6-9H,2-5,10-15H2,1H3,(H,24,29)(H2,23,25,26);1H4/i2*12D;/t2*12-;/m10./s1. The number of carbonyl (C=O) groups excluding carboxylic acids is 2. The van der Waals surface area contributed by atoms with Gasteiger partial charge in [0.05, 0.1) is 29.0 Å². The first-order valence-electron chi connectivity index (χ1n) is 22.4. The third-order valence-electron chi connectivity index (χ3n) is 10.8. The lowest BCUT2D eigenvalue weighted by atomic mass is 10.1. The molecule has 8 rings (SSSR count). The summed E-state index contributed by atoms with van der Waals surface area (Å²) in [7, 11) is 0. The largest absolute Gasteiger partial charge is 0.463 e. The molecule has 0 aliphatic carbocycles. The summed E-state index contributed by atoms with van der Waals surface area (Å²) >= 11 is 0. The molecule has 0 spiro atoms. The van der Waals surface area contributed by atoms with E-state index in [0.717, 1.165) is 37.1 Å². The van der Waals surface area contributed by atoms with Gasteiger partial charge >= 0.3 is 12.0 Å². The van der Waals surface area contributed by atoms with Crippen molar-refractivity contribution in [2.24, 2.45) is 0 Å². The second-order valence-electron chi connectivity index (χ2n) is 15.7. The highest BCUT2D eigenvalue weighted by Gasteiger charge is 2.29. The normalized spacial score (nSPS) is 17.7. The van der Waals surface area contributed by atoms with Crippen LogP contribution in [-0.2, 0) is 35.8 Å². The Balaban J connectivity index is 0.000000206. The number of fused-ring (bicyclic) bond motifs is 2. The van der Waals surface area contributed by atoms with Crippen molar-refractivity contribution in [1.82, 2.24) is 29.7 Å². The van der Waals surface area contributed by atoms with Crippen molar-refractivity contribution < 1.29 is 21.8 Å². The van der Waals surface area contributed by atoms with Crippen LogP contribution in [0.4, 0.5) is 34.6 Å². The lowest BCUT2D eigenvalue weighted by Gasteiger charge is -2.30. The van der Waals surface area contributed by atoms with E-state index in [4.69, 9.17) is 23.7 Å². The van der Waals surface area contributed by atoms with Crippen LogP contribution in [0.25, 0.3) is 0 Å². The number of nitrogen functional groups attached to an aromatic ring is 2. The third-order valence-corrected chi connectivity index (χ3v) is 10.8. The van der Waals surface area contributed by atoms with E-state index in [2.05, 4.69) is 88.9 Å². The zero-order chi connectivity index (χ0) is 43.6. The number of hydrogen-bond acceptors (Lipinski definition) is 14. The van der Waals surface area contributed by atoms with Gasteiger partial charge in [0.15, 0.2) is 23.3 Å². The highest BCUT2D eigenvalue weighted by atomic mass is 16.5. The van der Waals surface area contributed by atoms with Crippen LogP contribution < -0.4 is 41.4 Å². The molecule has 0 unspecified atom stereocenters. The lowest BCUT2D eigenvalue weighted by Crippen LogP contribution is -2.39. The van der Waals surface area contributed by atoms with Crippen LogP contribution in [-0.4, -0.2) is 94.0 Å². The van der Waals surface area contributed by atoms with Gasteiger partial charge < -0.3 is 41.4 Å². The van der Waals surface area contributed by atoms with Crippen molar-refractivity contribution in [2.45, 2.75) is 98.8 Å². The van der Waals surface area contributed by atoms with E-state index in [0.29, 0.717) is 48.9 Å². The second kappa shape index (κ2) is 21.7. The molecule has 4 aliphatic heterocycles. The number of nitrogens with zero attached hydrogens (tertiary/aromatic N) is 8. The monoisotopic (exact) mass is 839 g/mol. The third kappa shape index (κ3) is 12.2. The van der Waals surface area contributed by atoms with E-state index in [1.165, 1.54) is 63.0 Å². The van der Waals surface area contributed by atoms with Gasteiger partial charge in [-0.3, -0.25) is 19.4 Å². The average molecular weight is 839 g/mol. The maximum atomic E-state index is 12.2. The van der Waals surface area contributed by atoms with Gasteiger partial charge in [0.1, 0.15) is 11.4 Å². The molecule has 4 aromatic rings. The molecule has 61 heavy (non-hydrogen) atoms. The Morgan fingerprint density at radius 1 is 0.590 bits per heavy atom. The summed E-state index contributed by atoms with van der Waals surface area (Å²) in [6.07, 6.45) is 7.93. The Bertz CT molecular complexity index is 1990. The van der Waals surface area contributed by atoms with Crippen molar-refractivity contribution in [1.29, 1.82) is 0 Å². The van der Waals surface area contributed by atoms with Crippen molar-refractivity contribution in [2.75, 3.05) is 84.3 Å². The minimum absolute atomic E-state index is 0. The number of likely N-dealkylation sites (tertiary alicyclic amines) is 2. The van der Waals surface area contributed by atoms with Gasteiger partial charge in [0.25, 0.3) is 0 Å². The molecule has 2 aromatic heterocycles. The van der Waals surface area contributed by atoms with Crippen molar-refractivity contribution >= 4 is 46.5 Å². The molecule has 2 amide bonds. The van der Waals surface area contributed by atoms with E-state index < -0.39 is 13.2 Å². The number of carbonyl (C=O) groups is 2. The fourth-order valence-electron chi connectivity index (χ4n) is 7.65. The summed E-state index contributed by atoms with van der Waals surface area (Å²) in [5.74, 6) is 1.00. The molecule has 6 N–H and O–H groups in total. The summed E-state index contributed by atoms with van der Waals surface area (Å²) in [5.41, 5.74) is 17.7. The van der Waals surface area contributed by atoms with Crippen LogP contribution in [0, 0.1) is 0 Å². The van der Waals surface area contributed by atoms with Crippen molar-refractivity contribution in [3.63, 3.8) is 0 Å². The molecule has 2 aromatic carbocycles. The van der Waals surface area contributed by atoms with Gasteiger partial charge in [-0.25, -0.2) is 0 Å². The molecule has 328 valence electrons. The second-order valence-corrected chi connectivity index (χ2v) is 15.7. The van der Waals surface area contributed by atoms with Gasteiger partial charge in [-0.15, -0.1) is 0 Å². The molecule has 16 nitrogen and oxygen atoms in total. The van der Waals surface area contributed by atoms with Crippen LogP contribution in [0.5, 0.6) is 12.0 Å². The van der Waals surface area contributed by atoms with E-state index >= 15 is 0 Å². The van der Waals surface area contributed by atoms with Gasteiger partial charge in [-0.1, -0.05) is 82.6 Å². The van der Waals surface area contributed by atoms with Crippen molar-refractivity contribution in [3.8, 4) is 12.0 Å². The smallest absolute Gasteiger partial charge is 0.320 e. The average Bonchev–Trinajstić information content (AvgIpc) is 3.96. The van der Waals surface area contributed by atoms with E-state index in [-0.39, 0.29) is 56.0 Å². The van der Waals surface area contributed by atoms with Gasteiger partial charge in [0.2, 0.25) is 11.8 Å². The first-order valence-corrected chi connectivity index (χ1v) is 21.3. The lowest BCUT2D eigenvalue weighted by molar-refractivity contribution is -0.116. The highest BCUT2D eigenvalue weighted by molar-refractivity contribution is 6.03. The SMILES string of the molecule is C.[2H][C@@H](CCC)Oc1nc(N)c2c(n1)N(Cc1ccc(CN3CCCC3)cc1)CC(=O)N2.[2H][C@H](CCC)Oc1nc(N)c2c(n1)N(Cc1ccc(CN3CCCC3)cc1)CC(=O)N2. The number of nitrogens with two attached hydrogens (primary N) is 2. The van der Waals surface area contributed by atoms with Crippen LogP contribution in [0.15, 0.2) is 48.5 Å². The summed E-state index contributed by atoms with van der Waals surface area (Å²) < 4.78 is 27.0. The molecule has 2 fully saturated rings. The van der Waals surface area contributed by atoms with Crippen molar-refractivity contribution in [3.05, 3.63) is 70.8 Å². The molecule has 2 atom stereocenters. The number of aromatic nitrogens is 4. The molecule has 0 radical (unpaired) electrons. The van der Waals surface area contributed by atoms with Crippen LogP contribution in [0.1, 0.15) is 97.6 Å². The molecule has 4 aliphatic rings. The number of hydrogen-bond donors (Lipinski definition) is 4. The number of benzene rings is 2. The molecule has 0 saturated carbocycles. The van der Waals surface area contributed by atoms with Crippen LogP contribution >= 0.6 is 0 Å². The number of amides is 2. The quantitative estimate of drug-likeness (QED) is 0.0994. The van der Waals surface area contributed by atoms with E-state index in [1.807, 2.05) is 23.6 Å². The van der Waals surface area contributed by atoms with Gasteiger partial charge in [0, 0.05) is 26.2 Å². The Hall–Kier alpha value is -5.74. The number of rotatable bonds is 16. The first-order chi connectivity index (χ1) is 30.0. The van der Waals surface area contributed by atoms with Crippen LogP contribution in [0.3, 0.4) is 0 Å². The minimum atomic E-state index is -0.753. The van der Waals surface area contributed by atoms with E-state index in [9.17, 15) is 9.59 Å². The molecule has 2 saturated heterocycles. The molecular weight excluding hydrogens is 773 g/mol. The van der Waals surface area contributed by atoms with Gasteiger partial charge in [-0.05, 0) is 87.0 Å². The zero-order valence-electron chi connectivity index (χ0n) is 36.9. The maximum Gasteiger partial charge on any atom is 0.320 e. The fraction of sp³-hybridized carbons (Fsp3) is 0.511. The Labute approximate surface area is 363 Å². The van der Waals surface area contributed by atoms with E-state index in [1.54, 1.807) is 0 Å². The first kappa shape index (κ1) is 42.0. The molecule has 16 heteroatoms. The minimum Gasteiger partial charge on any atom is -0.463 e. The Morgan fingerprint density at radius 2 is 0.934 bits per heavy atom. The summed E-state index contributed by atoms with van der Waals surface area (Å²) in [4.78, 5) is 50.3. The highest BCUT2D eigenvalue weighted by Crippen LogP contribution is 2.36.